The molecule has 0 bridgehead atoms. The molecule has 5 heteroatoms. The van der Waals surface area contributed by atoms with Gasteiger partial charge in [-0.1, -0.05) is 13.0 Å². The molecule has 0 aliphatic rings. The number of hydrogen-bond acceptors (Lipinski definition) is 3. The van der Waals surface area contributed by atoms with Crippen molar-refractivity contribution in [1.29, 1.82) is 0 Å². The third-order valence-corrected chi connectivity index (χ3v) is 2.05. The number of nitrogens with two attached hydrogens (primary N) is 1. The van der Waals surface area contributed by atoms with Crippen molar-refractivity contribution >= 4 is 11.7 Å². The Morgan fingerprint density at radius 3 is 2.82 bits per heavy atom. The van der Waals surface area contributed by atoms with Crippen LogP contribution in [0.15, 0.2) is 24.3 Å². The molecule has 0 saturated carbocycles. The SMILES string of the molecule is CCCNC(=O)NCCOc1cccc(N)c1. The van der Waals surface area contributed by atoms with E-state index in [0.717, 1.165) is 6.42 Å². The first-order valence-electron chi connectivity index (χ1n) is 5.72. The van der Waals surface area contributed by atoms with E-state index in [4.69, 9.17) is 10.5 Å². The topological polar surface area (TPSA) is 76.4 Å². The van der Waals surface area contributed by atoms with Gasteiger partial charge >= 0.3 is 6.03 Å². The summed E-state index contributed by atoms with van der Waals surface area (Å²) in [5.74, 6) is 0.709. The monoisotopic (exact) mass is 237 g/mol. The Morgan fingerprint density at radius 2 is 2.12 bits per heavy atom. The molecule has 0 unspecified atom stereocenters. The van der Waals surface area contributed by atoms with Crippen LogP contribution in [0.3, 0.4) is 0 Å². The molecule has 1 aromatic carbocycles. The van der Waals surface area contributed by atoms with Crippen LogP contribution in [0.25, 0.3) is 0 Å². The van der Waals surface area contributed by atoms with Gasteiger partial charge in [-0.3, -0.25) is 0 Å². The molecule has 1 rings (SSSR count). The minimum absolute atomic E-state index is 0.164. The molecule has 0 radical (unpaired) electrons. The van der Waals surface area contributed by atoms with Crippen molar-refractivity contribution in [2.24, 2.45) is 0 Å². The lowest BCUT2D eigenvalue weighted by Gasteiger charge is -2.08. The zero-order chi connectivity index (χ0) is 12.5. The van der Waals surface area contributed by atoms with E-state index in [9.17, 15) is 4.79 Å². The summed E-state index contributed by atoms with van der Waals surface area (Å²) in [6, 6.07) is 7.03. The van der Waals surface area contributed by atoms with Gasteiger partial charge in [-0.05, 0) is 18.6 Å². The molecule has 94 valence electrons. The second-order valence-electron chi connectivity index (χ2n) is 3.60. The molecule has 0 fully saturated rings. The van der Waals surface area contributed by atoms with Crippen LogP contribution in [0.2, 0.25) is 0 Å². The largest absolute Gasteiger partial charge is 0.492 e. The Balaban J connectivity index is 2.14. The van der Waals surface area contributed by atoms with Crippen molar-refractivity contribution in [2.45, 2.75) is 13.3 Å². The maximum absolute atomic E-state index is 11.2. The summed E-state index contributed by atoms with van der Waals surface area (Å²) in [6.07, 6.45) is 0.924. The number of urea groups is 1. The third-order valence-electron chi connectivity index (χ3n) is 2.05. The molecule has 4 N–H and O–H groups in total. The fourth-order valence-corrected chi connectivity index (χ4v) is 1.24. The standard InChI is InChI=1S/C12H19N3O2/c1-2-6-14-12(16)15-7-8-17-11-5-3-4-10(13)9-11/h3-5,9H,2,6-8,13H2,1H3,(H2,14,15,16). The summed E-state index contributed by atoms with van der Waals surface area (Å²) < 4.78 is 5.42. The Labute approximate surface area is 101 Å². The van der Waals surface area contributed by atoms with Gasteiger partial charge < -0.3 is 21.1 Å². The highest BCUT2D eigenvalue weighted by atomic mass is 16.5. The smallest absolute Gasteiger partial charge is 0.314 e. The minimum Gasteiger partial charge on any atom is -0.492 e. The highest BCUT2D eigenvalue weighted by Gasteiger charge is 1.98. The van der Waals surface area contributed by atoms with E-state index in [1.807, 2.05) is 19.1 Å². The van der Waals surface area contributed by atoms with Crippen LogP contribution in [0, 0.1) is 0 Å². The van der Waals surface area contributed by atoms with Gasteiger partial charge in [0.1, 0.15) is 12.4 Å². The summed E-state index contributed by atoms with van der Waals surface area (Å²) in [7, 11) is 0. The third kappa shape index (κ3) is 5.65. The zero-order valence-electron chi connectivity index (χ0n) is 10.0. The number of carbonyl (C=O) groups is 1. The van der Waals surface area contributed by atoms with Crippen LogP contribution >= 0.6 is 0 Å². The molecule has 5 nitrogen and oxygen atoms in total. The van der Waals surface area contributed by atoms with E-state index in [0.29, 0.717) is 31.1 Å². The number of benzene rings is 1. The molecule has 2 amide bonds. The van der Waals surface area contributed by atoms with Crippen molar-refractivity contribution < 1.29 is 9.53 Å². The molecule has 0 atom stereocenters. The first kappa shape index (κ1) is 13.2. The summed E-state index contributed by atoms with van der Waals surface area (Å²) in [5, 5.41) is 5.41. The van der Waals surface area contributed by atoms with Gasteiger partial charge in [-0.2, -0.15) is 0 Å². The van der Waals surface area contributed by atoms with Crippen LogP contribution < -0.4 is 21.1 Å². The lowest BCUT2D eigenvalue weighted by molar-refractivity contribution is 0.236. The minimum atomic E-state index is -0.164. The highest BCUT2D eigenvalue weighted by Crippen LogP contribution is 2.13. The fraction of sp³-hybridized carbons (Fsp3) is 0.417. The quantitative estimate of drug-likeness (QED) is 0.516. The first-order chi connectivity index (χ1) is 8.22. The summed E-state index contributed by atoms with van der Waals surface area (Å²) in [4.78, 5) is 11.2. The number of nitrogen functional groups attached to an aromatic ring is 1. The maximum Gasteiger partial charge on any atom is 0.314 e. The fourth-order valence-electron chi connectivity index (χ4n) is 1.24. The molecule has 0 heterocycles. The van der Waals surface area contributed by atoms with Crippen molar-refractivity contribution in [3.8, 4) is 5.75 Å². The molecule has 0 aromatic heterocycles. The number of hydrogen-bond donors (Lipinski definition) is 3. The molecule has 1 aromatic rings. The Hall–Kier alpha value is -1.91. The van der Waals surface area contributed by atoms with Crippen LogP contribution in [-0.4, -0.2) is 25.7 Å². The zero-order valence-corrected chi connectivity index (χ0v) is 10.0. The van der Waals surface area contributed by atoms with Gasteiger partial charge in [0.25, 0.3) is 0 Å². The Morgan fingerprint density at radius 1 is 1.35 bits per heavy atom. The van der Waals surface area contributed by atoms with Crippen molar-refractivity contribution in [1.82, 2.24) is 10.6 Å². The van der Waals surface area contributed by atoms with Gasteiger partial charge in [-0.25, -0.2) is 4.79 Å². The molecular weight excluding hydrogens is 218 g/mol. The molecule has 17 heavy (non-hydrogen) atoms. The summed E-state index contributed by atoms with van der Waals surface area (Å²) >= 11 is 0. The number of anilines is 1. The van der Waals surface area contributed by atoms with Gasteiger partial charge in [0.05, 0.1) is 6.54 Å². The van der Waals surface area contributed by atoms with Gasteiger partial charge in [0.15, 0.2) is 0 Å². The van der Waals surface area contributed by atoms with Crippen LogP contribution in [0.4, 0.5) is 10.5 Å². The first-order valence-corrected chi connectivity index (χ1v) is 5.72. The second kappa shape index (κ2) is 7.38. The predicted octanol–water partition coefficient (Wildman–Crippen LogP) is 1.36. The average molecular weight is 237 g/mol. The lowest BCUT2D eigenvalue weighted by Crippen LogP contribution is -2.37. The predicted molar refractivity (Wildman–Crippen MR) is 68.0 cm³/mol. The van der Waals surface area contributed by atoms with E-state index >= 15 is 0 Å². The normalized spacial score (nSPS) is 9.71. The lowest BCUT2D eigenvalue weighted by atomic mass is 10.3. The molecule has 0 spiro atoms. The molecular formula is C12H19N3O2. The number of rotatable bonds is 6. The average Bonchev–Trinajstić information content (AvgIpc) is 2.32. The van der Waals surface area contributed by atoms with Crippen LogP contribution in [0.1, 0.15) is 13.3 Å². The van der Waals surface area contributed by atoms with Crippen molar-refractivity contribution in [3.05, 3.63) is 24.3 Å². The second-order valence-corrected chi connectivity index (χ2v) is 3.60. The van der Waals surface area contributed by atoms with Gasteiger partial charge in [0, 0.05) is 18.3 Å². The Kier molecular flexibility index (Phi) is 5.71. The summed E-state index contributed by atoms with van der Waals surface area (Å²) in [6.45, 7) is 3.57. The van der Waals surface area contributed by atoms with Gasteiger partial charge in [-0.15, -0.1) is 0 Å². The van der Waals surface area contributed by atoms with E-state index in [2.05, 4.69) is 10.6 Å². The van der Waals surface area contributed by atoms with Crippen LogP contribution in [0.5, 0.6) is 5.75 Å². The van der Waals surface area contributed by atoms with E-state index in [-0.39, 0.29) is 6.03 Å². The van der Waals surface area contributed by atoms with E-state index in [1.54, 1.807) is 12.1 Å². The number of amides is 2. The van der Waals surface area contributed by atoms with Crippen molar-refractivity contribution in [3.63, 3.8) is 0 Å². The number of ether oxygens (including phenoxy) is 1. The van der Waals surface area contributed by atoms with Crippen LogP contribution in [-0.2, 0) is 0 Å². The van der Waals surface area contributed by atoms with Gasteiger partial charge in [0.2, 0.25) is 0 Å². The molecule has 0 aliphatic heterocycles. The number of nitrogens with one attached hydrogen (secondary N) is 2. The molecule has 0 aliphatic carbocycles. The van der Waals surface area contributed by atoms with Crippen molar-refractivity contribution in [2.75, 3.05) is 25.4 Å². The summed E-state index contributed by atoms with van der Waals surface area (Å²) in [5.41, 5.74) is 6.27. The van der Waals surface area contributed by atoms with E-state index in [1.165, 1.54) is 0 Å². The maximum atomic E-state index is 11.2. The Bertz CT molecular complexity index is 355. The molecule has 0 saturated heterocycles. The van der Waals surface area contributed by atoms with E-state index < -0.39 is 0 Å². The highest BCUT2D eigenvalue weighted by molar-refractivity contribution is 5.73. The number of carbonyl (C=O) groups excluding carboxylic acids is 1.